The minimum Gasteiger partial charge on any atom is -0.348 e. The van der Waals surface area contributed by atoms with Gasteiger partial charge < -0.3 is 19.8 Å². The number of likely N-dealkylation sites (tertiary alicyclic amines) is 1. The van der Waals surface area contributed by atoms with Crippen LogP contribution in [-0.2, 0) is 24.1 Å². The second-order valence-corrected chi connectivity index (χ2v) is 12.7. The van der Waals surface area contributed by atoms with Gasteiger partial charge in [0.1, 0.15) is 0 Å². The van der Waals surface area contributed by atoms with Crippen LogP contribution in [0.3, 0.4) is 0 Å². The monoisotopic (exact) mass is 551 g/mol. The molecule has 1 atom stereocenters. The zero-order valence-corrected chi connectivity index (χ0v) is 24.2. The number of amides is 1. The van der Waals surface area contributed by atoms with Gasteiger partial charge in [-0.1, -0.05) is 18.2 Å². The number of H-pyrrole nitrogens is 1. The molecule has 39 heavy (non-hydrogen) atoms. The molecule has 0 radical (unpaired) electrons. The molecule has 9 heteroatoms. The van der Waals surface area contributed by atoms with E-state index in [0.717, 1.165) is 85.7 Å². The number of benzene rings is 1. The third-order valence-corrected chi connectivity index (χ3v) is 9.93. The van der Waals surface area contributed by atoms with Gasteiger partial charge in [-0.3, -0.25) is 9.59 Å². The highest BCUT2D eigenvalue weighted by molar-refractivity contribution is 7.82. The van der Waals surface area contributed by atoms with E-state index in [1.54, 1.807) is 0 Å². The van der Waals surface area contributed by atoms with E-state index >= 15 is 0 Å². The molecule has 210 valence electrons. The van der Waals surface area contributed by atoms with Crippen molar-refractivity contribution in [3.05, 3.63) is 68.8 Å². The average molecular weight is 552 g/mol. The van der Waals surface area contributed by atoms with Gasteiger partial charge in [-0.25, -0.2) is 8.51 Å². The van der Waals surface area contributed by atoms with Crippen LogP contribution < -0.4 is 10.9 Å². The number of nitrogens with zero attached hydrogens (tertiary/aromatic N) is 3. The molecule has 3 aromatic rings. The third-order valence-electron chi connectivity index (χ3n) is 8.46. The van der Waals surface area contributed by atoms with Gasteiger partial charge in [0.25, 0.3) is 11.5 Å². The number of aryl methyl sites for hydroxylation is 2. The molecule has 0 spiro atoms. The van der Waals surface area contributed by atoms with E-state index in [9.17, 15) is 13.8 Å². The Kier molecular flexibility index (Phi) is 8.69. The SMILES string of the molecule is Cc1cc(C)c(CNC(=O)c2c(C)n(CC3CCN(S(=O)CCN4CCCC4)CC3)c3ccccc23)c(=O)[nH]1. The lowest BCUT2D eigenvalue weighted by Gasteiger charge is -2.32. The number of fused-ring (bicyclic) bond motifs is 1. The van der Waals surface area contributed by atoms with E-state index in [4.69, 9.17) is 0 Å². The average Bonchev–Trinajstić information content (AvgIpc) is 3.53. The largest absolute Gasteiger partial charge is 0.348 e. The number of aromatic nitrogens is 2. The first-order valence-electron chi connectivity index (χ1n) is 14.2. The highest BCUT2D eigenvalue weighted by atomic mass is 32.2. The highest BCUT2D eigenvalue weighted by Gasteiger charge is 2.26. The molecular formula is C30H41N5O3S. The first-order chi connectivity index (χ1) is 18.8. The summed E-state index contributed by atoms with van der Waals surface area (Å²) in [6.07, 6.45) is 4.53. The molecule has 1 unspecified atom stereocenters. The predicted octanol–water partition coefficient (Wildman–Crippen LogP) is 3.66. The molecule has 2 saturated heterocycles. The Morgan fingerprint density at radius 2 is 1.79 bits per heavy atom. The van der Waals surface area contributed by atoms with Gasteiger partial charge in [0.05, 0.1) is 22.3 Å². The smallest absolute Gasteiger partial charge is 0.254 e. The number of para-hydroxylation sites is 1. The Hall–Kier alpha value is -2.75. The van der Waals surface area contributed by atoms with E-state index in [1.165, 1.54) is 12.8 Å². The first-order valence-corrected chi connectivity index (χ1v) is 15.5. The second kappa shape index (κ2) is 12.2. The lowest BCUT2D eigenvalue weighted by molar-refractivity contribution is 0.0951. The molecule has 2 fully saturated rings. The Morgan fingerprint density at radius 1 is 1.08 bits per heavy atom. The fourth-order valence-electron chi connectivity index (χ4n) is 6.21. The van der Waals surface area contributed by atoms with Gasteiger partial charge in [0, 0.05) is 60.6 Å². The summed E-state index contributed by atoms with van der Waals surface area (Å²) in [7, 11) is -0.908. The van der Waals surface area contributed by atoms with E-state index in [1.807, 2.05) is 45.0 Å². The van der Waals surface area contributed by atoms with E-state index < -0.39 is 11.0 Å². The molecule has 0 saturated carbocycles. The number of hydrogen-bond acceptors (Lipinski definition) is 4. The quantitative estimate of drug-likeness (QED) is 0.425. The topological polar surface area (TPSA) is 90.4 Å². The fourth-order valence-corrected chi connectivity index (χ4v) is 7.50. The molecular weight excluding hydrogens is 510 g/mol. The summed E-state index contributed by atoms with van der Waals surface area (Å²) >= 11 is 0. The number of carbonyl (C=O) groups excluding carboxylic acids is 1. The van der Waals surface area contributed by atoms with Gasteiger partial charge in [-0.2, -0.15) is 0 Å². The molecule has 0 bridgehead atoms. The minimum atomic E-state index is -0.908. The van der Waals surface area contributed by atoms with Crippen LogP contribution in [0.15, 0.2) is 35.1 Å². The van der Waals surface area contributed by atoms with Crippen LogP contribution in [0.4, 0.5) is 0 Å². The maximum absolute atomic E-state index is 13.4. The molecule has 1 amide bonds. The van der Waals surface area contributed by atoms with Crippen LogP contribution >= 0.6 is 0 Å². The van der Waals surface area contributed by atoms with Gasteiger partial charge in [0.2, 0.25) is 0 Å². The lowest BCUT2D eigenvalue weighted by Crippen LogP contribution is -2.39. The molecule has 4 heterocycles. The van der Waals surface area contributed by atoms with Crippen LogP contribution in [0.1, 0.15) is 58.6 Å². The zero-order chi connectivity index (χ0) is 27.5. The van der Waals surface area contributed by atoms with Gasteiger partial charge >= 0.3 is 0 Å². The van der Waals surface area contributed by atoms with Crippen LogP contribution in [-0.4, -0.2) is 67.3 Å². The molecule has 2 aliphatic rings. The van der Waals surface area contributed by atoms with Crippen LogP contribution in [0, 0.1) is 26.7 Å². The Balaban J connectivity index is 1.25. The van der Waals surface area contributed by atoms with Crippen molar-refractivity contribution < 1.29 is 9.00 Å². The zero-order valence-electron chi connectivity index (χ0n) is 23.4. The van der Waals surface area contributed by atoms with Crippen molar-refractivity contribution >= 4 is 27.8 Å². The molecule has 5 rings (SSSR count). The molecule has 2 aromatic heterocycles. The van der Waals surface area contributed by atoms with Gasteiger partial charge in [0.15, 0.2) is 0 Å². The number of piperidine rings is 1. The maximum Gasteiger partial charge on any atom is 0.254 e. The van der Waals surface area contributed by atoms with Crippen molar-refractivity contribution in [2.24, 2.45) is 5.92 Å². The summed E-state index contributed by atoms with van der Waals surface area (Å²) in [6, 6.07) is 9.99. The van der Waals surface area contributed by atoms with Crippen molar-refractivity contribution in [2.75, 3.05) is 38.5 Å². The van der Waals surface area contributed by atoms with Gasteiger partial charge in [-0.15, -0.1) is 0 Å². The Morgan fingerprint density at radius 3 is 2.51 bits per heavy atom. The Labute approximate surface area is 233 Å². The summed E-state index contributed by atoms with van der Waals surface area (Å²) in [5.74, 6) is 1.04. The van der Waals surface area contributed by atoms with Crippen LogP contribution in [0.25, 0.3) is 10.9 Å². The van der Waals surface area contributed by atoms with Crippen molar-refractivity contribution in [3.63, 3.8) is 0 Å². The number of aromatic amines is 1. The summed E-state index contributed by atoms with van der Waals surface area (Å²) in [4.78, 5) is 31.1. The predicted molar refractivity (Wildman–Crippen MR) is 157 cm³/mol. The summed E-state index contributed by atoms with van der Waals surface area (Å²) in [5.41, 5.74) is 4.79. The highest BCUT2D eigenvalue weighted by Crippen LogP contribution is 2.29. The minimum absolute atomic E-state index is 0.157. The maximum atomic E-state index is 13.4. The van der Waals surface area contributed by atoms with Crippen LogP contribution in [0.5, 0.6) is 0 Å². The molecule has 0 aliphatic carbocycles. The Bertz CT molecular complexity index is 1410. The second-order valence-electron chi connectivity index (χ2n) is 11.2. The van der Waals surface area contributed by atoms with E-state index in [-0.39, 0.29) is 18.0 Å². The van der Waals surface area contributed by atoms with Crippen molar-refractivity contribution in [3.8, 4) is 0 Å². The van der Waals surface area contributed by atoms with Crippen molar-refractivity contribution in [2.45, 2.75) is 59.5 Å². The summed E-state index contributed by atoms with van der Waals surface area (Å²) in [6.45, 7) is 11.7. The number of rotatable bonds is 9. The molecule has 1 aromatic carbocycles. The molecule has 2 aliphatic heterocycles. The number of nitrogens with one attached hydrogen (secondary N) is 2. The van der Waals surface area contributed by atoms with Gasteiger partial charge in [-0.05, 0) is 83.2 Å². The number of carbonyl (C=O) groups is 1. The van der Waals surface area contributed by atoms with E-state index in [0.29, 0.717) is 17.0 Å². The number of pyridine rings is 1. The first kappa shape index (κ1) is 27.8. The summed E-state index contributed by atoms with van der Waals surface area (Å²) < 4.78 is 17.3. The van der Waals surface area contributed by atoms with Crippen molar-refractivity contribution in [1.82, 2.24) is 24.1 Å². The van der Waals surface area contributed by atoms with E-state index in [2.05, 4.69) is 30.1 Å². The van der Waals surface area contributed by atoms with Crippen molar-refractivity contribution in [1.29, 1.82) is 0 Å². The normalized spacial score (nSPS) is 18.1. The molecule has 8 nitrogen and oxygen atoms in total. The summed E-state index contributed by atoms with van der Waals surface area (Å²) in [5, 5.41) is 3.93. The number of hydrogen-bond donors (Lipinski definition) is 2. The third kappa shape index (κ3) is 6.21. The lowest BCUT2D eigenvalue weighted by atomic mass is 9.98. The van der Waals surface area contributed by atoms with Crippen LogP contribution in [0.2, 0.25) is 0 Å². The standard InChI is InChI=1S/C30H41N5O3S/c1-21-18-22(2)32-29(36)26(21)19-31-30(37)28-23(3)35(27-9-5-4-8-25(27)28)20-24-10-14-34(15-11-24)39(38)17-16-33-12-6-7-13-33/h4-5,8-9,18,24H,6-7,10-17,19-20H2,1-3H3,(H,31,37)(H,32,36). The molecule has 2 N–H and O–H groups in total. The fraction of sp³-hybridized carbons (Fsp3) is 0.533.